The van der Waals surface area contributed by atoms with E-state index >= 15 is 0 Å². The van der Waals surface area contributed by atoms with Gasteiger partial charge in [0.1, 0.15) is 5.82 Å². The quantitative estimate of drug-likeness (QED) is 0.348. The number of hydrogen-bond acceptors (Lipinski definition) is 4. The van der Waals surface area contributed by atoms with Crippen LogP contribution in [0.1, 0.15) is 63.1 Å². The van der Waals surface area contributed by atoms with Gasteiger partial charge in [-0.25, -0.2) is 9.18 Å². The van der Waals surface area contributed by atoms with Gasteiger partial charge in [-0.1, -0.05) is 13.8 Å². The molecule has 2 aromatic heterocycles. The van der Waals surface area contributed by atoms with Crippen LogP contribution in [-0.4, -0.2) is 38.6 Å². The second-order valence-corrected chi connectivity index (χ2v) is 10.4. The maximum Gasteiger partial charge on any atom is 0.335 e. The summed E-state index contributed by atoms with van der Waals surface area (Å²) in [5.41, 5.74) is 3.07. The van der Waals surface area contributed by atoms with Gasteiger partial charge in [0.15, 0.2) is 5.60 Å². The molecular weight excluding hydrogens is 459 g/mol. The van der Waals surface area contributed by atoms with E-state index in [1.54, 1.807) is 18.3 Å². The standard InChI is InChI=1S/C28H29FN4O3/c1-27(2,12-13-30)25-24(17-8-10-28(36-3,11-9-17)26(34)35)21-15-22-18(16-31-32-22)14-23(21)33(25)20-6-4-19(29)5-7-20/h4-7,14-17H,8-12H2,1-3H3,(H,31,32)(H,34,35)/t17-,28+. The smallest absolute Gasteiger partial charge is 0.335 e. The lowest BCUT2D eigenvalue weighted by Crippen LogP contribution is -2.43. The number of nitrogens with zero attached hydrogens (tertiary/aromatic N) is 3. The molecule has 1 saturated carbocycles. The van der Waals surface area contributed by atoms with Crippen molar-refractivity contribution in [2.24, 2.45) is 0 Å². The van der Waals surface area contributed by atoms with E-state index in [4.69, 9.17) is 4.74 Å². The Balaban J connectivity index is 1.80. The van der Waals surface area contributed by atoms with Crippen molar-refractivity contribution < 1.29 is 19.0 Å². The van der Waals surface area contributed by atoms with Crippen LogP contribution in [0.3, 0.4) is 0 Å². The van der Waals surface area contributed by atoms with Gasteiger partial charge in [0.2, 0.25) is 0 Å². The molecule has 1 fully saturated rings. The second-order valence-electron chi connectivity index (χ2n) is 10.4. The summed E-state index contributed by atoms with van der Waals surface area (Å²) < 4.78 is 21.5. The molecule has 8 heteroatoms. The molecule has 0 bridgehead atoms. The third-order valence-corrected chi connectivity index (χ3v) is 7.80. The molecule has 0 radical (unpaired) electrons. The van der Waals surface area contributed by atoms with Gasteiger partial charge >= 0.3 is 5.97 Å². The van der Waals surface area contributed by atoms with Crippen molar-refractivity contribution in [3.8, 4) is 11.8 Å². The van der Waals surface area contributed by atoms with E-state index < -0.39 is 17.0 Å². The van der Waals surface area contributed by atoms with Crippen LogP contribution in [0.15, 0.2) is 42.6 Å². The Labute approximate surface area is 208 Å². The fraction of sp³-hybridized carbons (Fsp3) is 0.393. The highest BCUT2D eigenvalue weighted by molar-refractivity contribution is 5.99. The number of aromatic nitrogens is 3. The maximum absolute atomic E-state index is 13.9. The number of nitrogens with one attached hydrogen (secondary N) is 1. The number of carboxylic acids is 1. The lowest BCUT2D eigenvalue weighted by Gasteiger charge is -2.37. The zero-order valence-electron chi connectivity index (χ0n) is 20.6. The van der Waals surface area contributed by atoms with Gasteiger partial charge in [-0.05, 0) is 73.6 Å². The van der Waals surface area contributed by atoms with Gasteiger partial charge in [0, 0.05) is 41.1 Å². The number of aromatic amines is 1. The molecule has 0 unspecified atom stereocenters. The number of H-pyrrole nitrogens is 1. The summed E-state index contributed by atoms with van der Waals surface area (Å²) in [4.78, 5) is 12.0. The second kappa shape index (κ2) is 8.75. The number of halogens is 1. The number of benzene rings is 2. The summed E-state index contributed by atoms with van der Waals surface area (Å²) in [6.45, 7) is 4.11. The third-order valence-electron chi connectivity index (χ3n) is 7.80. The molecule has 0 aliphatic heterocycles. The highest BCUT2D eigenvalue weighted by atomic mass is 19.1. The largest absolute Gasteiger partial charge is 0.479 e. The zero-order valence-corrected chi connectivity index (χ0v) is 20.6. The average Bonchev–Trinajstić information content (AvgIpc) is 3.45. The predicted octanol–water partition coefficient (Wildman–Crippen LogP) is 5.96. The number of carboxylic acid groups (broad SMARTS) is 1. The van der Waals surface area contributed by atoms with Crippen LogP contribution in [0.25, 0.3) is 27.5 Å². The predicted molar refractivity (Wildman–Crippen MR) is 135 cm³/mol. The number of aliphatic carboxylic acids is 1. The number of fused-ring (bicyclic) bond motifs is 2. The van der Waals surface area contributed by atoms with E-state index in [1.807, 2.05) is 0 Å². The molecule has 5 rings (SSSR count). The lowest BCUT2D eigenvalue weighted by molar-refractivity contribution is -0.166. The monoisotopic (exact) mass is 488 g/mol. The van der Waals surface area contributed by atoms with Crippen LogP contribution in [0.4, 0.5) is 4.39 Å². The van der Waals surface area contributed by atoms with E-state index in [0.29, 0.717) is 32.1 Å². The summed E-state index contributed by atoms with van der Waals surface area (Å²) in [7, 11) is 1.46. The molecular formula is C28H29FN4O3. The van der Waals surface area contributed by atoms with E-state index in [1.165, 1.54) is 19.2 Å². The van der Waals surface area contributed by atoms with Gasteiger partial charge in [-0.2, -0.15) is 10.4 Å². The highest BCUT2D eigenvalue weighted by Crippen LogP contribution is 2.48. The van der Waals surface area contributed by atoms with Gasteiger partial charge in [0.25, 0.3) is 0 Å². The molecule has 1 aliphatic carbocycles. The fourth-order valence-corrected chi connectivity index (χ4v) is 5.85. The minimum Gasteiger partial charge on any atom is -0.479 e. The molecule has 186 valence electrons. The van der Waals surface area contributed by atoms with Gasteiger partial charge in [0.05, 0.1) is 23.3 Å². The molecule has 36 heavy (non-hydrogen) atoms. The van der Waals surface area contributed by atoms with E-state index in [0.717, 1.165) is 38.8 Å². The number of rotatable bonds is 6. The van der Waals surface area contributed by atoms with Crippen molar-refractivity contribution >= 4 is 27.8 Å². The number of carbonyl (C=O) groups is 1. The molecule has 0 saturated heterocycles. The van der Waals surface area contributed by atoms with Crippen LogP contribution in [0.2, 0.25) is 0 Å². The van der Waals surface area contributed by atoms with Crippen molar-refractivity contribution in [3.63, 3.8) is 0 Å². The Morgan fingerprint density at radius 2 is 2.00 bits per heavy atom. The Morgan fingerprint density at radius 3 is 2.61 bits per heavy atom. The first kappa shape index (κ1) is 24.0. The molecule has 2 N–H and O–H groups in total. The van der Waals surface area contributed by atoms with Crippen LogP contribution in [0, 0.1) is 17.1 Å². The first-order chi connectivity index (χ1) is 17.2. The van der Waals surface area contributed by atoms with Crippen molar-refractivity contribution in [2.75, 3.05) is 7.11 Å². The van der Waals surface area contributed by atoms with Gasteiger partial charge in [-0.3, -0.25) is 5.10 Å². The van der Waals surface area contributed by atoms with Crippen LogP contribution < -0.4 is 0 Å². The van der Waals surface area contributed by atoms with E-state index in [9.17, 15) is 19.6 Å². The first-order valence-electron chi connectivity index (χ1n) is 12.1. The topological polar surface area (TPSA) is 104 Å². The van der Waals surface area contributed by atoms with Crippen molar-refractivity contribution in [1.82, 2.24) is 14.8 Å². The summed E-state index contributed by atoms with van der Waals surface area (Å²) in [5.74, 6) is -1.17. The molecule has 2 aromatic carbocycles. The minimum absolute atomic E-state index is 0.0742. The van der Waals surface area contributed by atoms with Crippen LogP contribution in [0.5, 0.6) is 0 Å². The third kappa shape index (κ3) is 3.75. The number of hydrogen-bond donors (Lipinski definition) is 2. The summed E-state index contributed by atoms with van der Waals surface area (Å²) >= 11 is 0. The van der Waals surface area contributed by atoms with E-state index in [-0.39, 0.29) is 11.7 Å². The maximum atomic E-state index is 13.9. The van der Waals surface area contributed by atoms with Crippen molar-refractivity contribution in [1.29, 1.82) is 5.26 Å². The molecule has 0 spiro atoms. The Kier molecular flexibility index (Phi) is 5.84. The van der Waals surface area contributed by atoms with Gasteiger partial charge < -0.3 is 14.4 Å². The van der Waals surface area contributed by atoms with Crippen molar-refractivity contribution in [2.45, 2.75) is 62.9 Å². The SMILES string of the molecule is CO[C@]1(C(=O)O)CC[C@H](c2c(C(C)(C)CC#N)n(-c3ccc(F)cc3)c3cc4cn[nH]c4cc32)CC1. The molecule has 0 atom stereocenters. The summed E-state index contributed by atoms with van der Waals surface area (Å²) in [6.07, 6.45) is 4.14. The number of nitriles is 1. The zero-order chi connectivity index (χ0) is 25.7. The molecule has 4 aromatic rings. The normalized spacial score (nSPS) is 20.6. The molecule has 0 amide bonds. The lowest BCUT2D eigenvalue weighted by atomic mass is 9.72. The fourth-order valence-electron chi connectivity index (χ4n) is 5.85. The molecule has 1 aliphatic rings. The van der Waals surface area contributed by atoms with Crippen LogP contribution in [-0.2, 0) is 14.9 Å². The molecule has 7 nitrogen and oxygen atoms in total. The number of methoxy groups -OCH3 is 1. The van der Waals surface area contributed by atoms with Crippen LogP contribution >= 0.6 is 0 Å². The Morgan fingerprint density at radius 1 is 1.31 bits per heavy atom. The van der Waals surface area contributed by atoms with Crippen molar-refractivity contribution in [3.05, 3.63) is 59.7 Å². The summed E-state index contributed by atoms with van der Waals surface area (Å²) in [6, 6.07) is 12.9. The molecule has 2 heterocycles. The minimum atomic E-state index is -1.18. The Hall–Kier alpha value is -3.70. The number of ether oxygens (including phenoxy) is 1. The highest BCUT2D eigenvalue weighted by Gasteiger charge is 2.44. The van der Waals surface area contributed by atoms with Gasteiger partial charge in [-0.15, -0.1) is 0 Å². The first-order valence-corrected chi connectivity index (χ1v) is 12.1. The van der Waals surface area contributed by atoms with E-state index in [2.05, 4.69) is 46.8 Å². The summed E-state index contributed by atoms with van der Waals surface area (Å²) in [5, 5.41) is 28.8. The average molecular weight is 489 g/mol. The Bertz CT molecular complexity index is 1490.